The lowest BCUT2D eigenvalue weighted by atomic mass is 10.2. The Balaban J connectivity index is 1.92. The molecule has 0 atom stereocenters. The summed E-state index contributed by atoms with van der Waals surface area (Å²) in [5, 5.41) is 11.7. The third-order valence-electron chi connectivity index (χ3n) is 3.32. The number of H-pyrrole nitrogens is 1. The Morgan fingerprint density at radius 2 is 2.26 bits per heavy atom. The number of aromatic nitrogens is 5. The van der Waals surface area contributed by atoms with Gasteiger partial charge in [0.2, 0.25) is 5.88 Å². The summed E-state index contributed by atoms with van der Waals surface area (Å²) in [5.41, 5.74) is 2.61. The predicted octanol–water partition coefficient (Wildman–Crippen LogP) is 1.44. The van der Waals surface area contributed by atoms with Gasteiger partial charge in [-0.05, 0) is 13.0 Å². The first kappa shape index (κ1) is 14.9. The third-order valence-corrected chi connectivity index (χ3v) is 3.32. The summed E-state index contributed by atoms with van der Waals surface area (Å²) in [4.78, 5) is 26.7. The molecule has 0 aliphatic rings. The van der Waals surface area contributed by atoms with Crippen LogP contribution in [-0.4, -0.2) is 37.0 Å². The van der Waals surface area contributed by atoms with Crippen molar-refractivity contribution in [2.45, 2.75) is 27.0 Å². The number of hydrogen-bond donors (Lipinski definition) is 1. The van der Waals surface area contributed by atoms with Gasteiger partial charge in [0.1, 0.15) is 18.6 Å². The van der Waals surface area contributed by atoms with Crippen molar-refractivity contribution in [3.63, 3.8) is 0 Å². The van der Waals surface area contributed by atoms with Crippen molar-refractivity contribution in [2.75, 3.05) is 0 Å². The fourth-order valence-electron chi connectivity index (χ4n) is 2.30. The van der Waals surface area contributed by atoms with Crippen LogP contribution in [0, 0.1) is 6.92 Å². The second kappa shape index (κ2) is 5.99. The van der Waals surface area contributed by atoms with Crippen molar-refractivity contribution in [3.05, 3.63) is 35.4 Å². The van der Waals surface area contributed by atoms with Crippen LogP contribution in [0.15, 0.2) is 18.3 Å². The molecule has 0 aliphatic carbocycles. The molecule has 1 N–H and O–H groups in total. The number of fused-ring (bicyclic) bond motifs is 1. The first-order chi connectivity index (χ1) is 11.1. The van der Waals surface area contributed by atoms with Gasteiger partial charge in [0.25, 0.3) is 0 Å². The van der Waals surface area contributed by atoms with E-state index in [-0.39, 0.29) is 18.9 Å². The Kier molecular flexibility index (Phi) is 3.88. The molecule has 3 aromatic rings. The molecular weight excluding hydrogens is 298 g/mol. The Bertz CT molecular complexity index is 881. The molecule has 3 aromatic heterocycles. The van der Waals surface area contributed by atoms with E-state index >= 15 is 0 Å². The predicted molar refractivity (Wildman–Crippen MR) is 81.3 cm³/mol. The zero-order chi connectivity index (χ0) is 16.4. The highest BCUT2D eigenvalue weighted by atomic mass is 16.5. The molecular formula is C15H15N5O3. The van der Waals surface area contributed by atoms with Crippen molar-refractivity contribution < 1.29 is 14.3 Å². The van der Waals surface area contributed by atoms with E-state index < -0.39 is 0 Å². The van der Waals surface area contributed by atoms with Gasteiger partial charge in [0.15, 0.2) is 5.78 Å². The van der Waals surface area contributed by atoms with Crippen LogP contribution in [0.25, 0.3) is 10.9 Å². The minimum absolute atomic E-state index is 0.0677. The normalized spacial score (nSPS) is 10.9. The van der Waals surface area contributed by atoms with Gasteiger partial charge in [-0.2, -0.15) is 10.2 Å². The number of aryl methyl sites for hydroxylation is 1. The number of aromatic amines is 1. The molecule has 0 unspecified atom stereocenters. The second-order valence-electron chi connectivity index (χ2n) is 5.12. The van der Waals surface area contributed by atoms with Crippen LogP contribution < -0.4 is 4.74 Å². The Labute approximate surface area is 131 Å². The molecule has 0 spiro atoms. The summed E-state index contributed by atoms with van der Waals surface area (Å²) in [6.45, 7) is 3.67. The fraction of sp³-hybridized carbons (Fsp3) is 0.267. The summed E-state index contributed by atoms with van der Waals surface area (Å²) >= 11 is 0. The molecule has 3 heterocycles. The number of hydrogen-bond acceptors (Lipinski definition) is 6. The van der Waals surface area contributed by atoms with Gasteiger partial charge in [-0.3, -0.25) is 14.6 Å². The molecule has 8 heteroatoms. The zero-order valence-corrected chi connectivity index (χ0v) is 12.7. The second-order valence-corrected chi connectivity index (χ2v) is 5.12. The molecule has 0 aliphatic heterocycles. The number of ether oxygens (including phenoxy) is 1. The number of pyridine rings is 1. The van der Waals surface area contributed by atoms with E-state index in [9.17, 15) is 9.59 Å². The molecule has 0 aromatic carbocycles. The number of ketones is 1. The maximum atomic E-state index is 11.7. The summed E-state index contributed by atoms with van der Waals surface area (Å²) in [5.74, 6) is 0.186. The number of carbonyl (C=O) groups excluding carboxylic acids is 2. The van der Waals surface area contributed by atoms with E-state index in [2.05, 4.69) is 20.3 Å². The Morgan fingerprint density at radius 1 is 1.43 bits per heavy atom. The van der Waals surface area contributed by atoms with Gasteiger partial charge in [-0.15, -0.1) is 0 Å². The molecule has 0 radical (unpaired) electrons. The molecule has 0 saturated carbocycles. The van der Waals surface area contributed by atoms with Crippen LogP contribution in [0.4, 0.5) is 0 Å². The summed E-state index contributed by atoms with van der Waals surface area (Å²) in [6.07, 6.45) is 2.27. The lowest BCUT2D eigenvalue weighted by Gasteiger charge is -2.03. The minimum atomic E-state index is -0.181. The van der Waals surface area contributed by atoms with E-state index in [0.29, 0.717) is 22.5 Å². The molecule has 0 bridgehead atoms. The number of Topliss-reactive ketones (excluding diaryl/α,β-unsaturated/α-hetero) is 1. The number of aldehydes is 1. The first-order valence-electron chi connectivity index (χ1n) is 7.03. The van der Waals surface area contributed by atoms with E-state index in [0.717, 1.165) is 17.7 Å². The number of nitrogens with zero attached hydrogens (tertiary/aromatic N) is 4. The largest absolute Gasteiger partial charge is 0.471 e. The van der Waals surface area contributed by atoms with Gasteiger partial charge in [0.05, 0.1) is 24.0 Å². The SMILES string of the molecule is CC(=O)c1nn(CC=O)c2cnc(OCc3cc(C)[nH]n3)cc12. The summed E-state index contributed by atoms with van der Waals surface area (Å²) < 4.78 is 7.06. The standard InChI is InChI=1S/C15H15N5O3/c1-9-5-11(18-17-9)8-23-14-6-12-13(7-16-14)20(3-4-21)19-15(12)10(2)22/h4-7H,3,8H2,1-2H3,(H,17,18). The smallest absolute Gasteiger partial charge is 0.214 e. The highest BCUT2D eigenvalue weighted by Gasteiger charge is 2.15. The quantitative estimate of drug-likeness (QED) is 0.545. The van der Waals surface area contributed by atoms with Crippen LogP contribution in [0.5, 0.6) is 5.88 Å². The molecule has 118 valence electrons. The number of nitrogens with one attached hydrogen (secondary N) is 1. The molecule has 23 heavy (non-hydrogen) atoms. The van der Waals surface area contributed by atoms with E-state index in [1.54, 1.807) is 12.3 Å². The highest BCUT2D eigenvalue weighted by Crippen LogP contribution is 2.22. The van der Waals surface area contributed by atoms with Crippen molar-refractivity contribution in [2.24, 2.45) is 0 Å². The minimum Gasteiger partial charge on any atom is -0.471 e. The summed E-state index contributed by atoms with van der Waals surface area (Å²) in [7, 11) is 0. The molecule has 0 fully saturated rings. The average molecular weight is 313 g/mol. The van der Waals surface area contributed by atoms with E-state index in [1.807, 2.05) is 13.0 Å². The molecule has 0 saturated heterocycles. The van der Waals surface area contributed by atoms with Gasteiger partial charge in [-0.25, -0.2) is 4.98 Å². The number of carbonyl (C=O) groups is 2. The van der Waals surface area contributed by atoms with Crippen LogP contribution in [0.2, 0.25) is 0 Å². The fourth-order valence-corrected chi connectivity index (χ4v) is 2.30. The average Bonchev–Trinajstić information content (AvgIpc) is 3.09. The lowest BCUT2D eigenvalue weighted by Crippen LogP contribution is -2.02. The van der Waals surface area contributed by atoms with Crippen LogP contribution in [-0.2, 0) is 17.9 Å². The lowest BCUT2D eigenvalue weighted by molar-refractivity contribution is -0.108. The van der Waals surface area contributed by atoms with Crippen LogP contribution >= 0.6 is 0 Å². The van der Waals surface area contributed by atoms with Gasteiger partial charge in [-0.1, -0.05) is 0 Å². The Hall–Kier alpha value is -3.03. The van der Waals surface area contributed by atoms with Gasteiger partial charge >= 0.3 is 0 Å². The topological polar surface area (TPSA) is 103 Å². The maximum absolute atomic E-state index is 11.7. The van der Waals surface area contributed by atoms with Crippen molar-refractivity contribution in [3.8, 4) is 5.88 Å². The molecule has 8 nitrogen and oxygen atoms in total. The van der Waals surface area contributed by atoms with Gasteiger partial charge < -0.3 is 9.53 Å². The highest BCUT2D eigenvalue weighted by molar-refractivity contribution is 6.05. The van der Waals surface area contributed by atoms with Crippen molar-refractivity contribution in [1.29, 1.82) is 0 Å². The summed E-state index contributed by atoms with van der Waals surface area (Å²) in [6, 6.07) is 3.53. The van der Waals surface area contributed by atoms with E-state index in [4.69, 9.17) is 4.74 Å². The molecule has 0 amide bonds. The van der Waals surface area contributed by atoms with Gasteiger partial charge in [0, 0.05) is 24.1 Å². The van der Waals surface area contributed by atoms with E-state index in [1.165, 1.54) is 11.6 Å². The maximum Gasteiger partial charge on any atom is 0.214 e. The number of rotatable bonds is 6. The van der Waals surface area contributed by atoms with Crippen LogP contribution in [0.1, 0.15) is 28.8 Å². The van der Waals surface area contributed by atoms with Crippen molar-refractivity contribution >= 4 is 23.0 Å². The Morgan fingerprint density at radius 3 is 2.91 bits per heavy atom. The van der Waals surface area contributed by atoms with Crippen LogP contribution in [0.3, 0.4) is 0 Å². The monoisotopic (exact) mass is 313 g/mol. The first-order valence-corrected chi connectivity index (χ1v) is 7.03. The zero-order valence-electron chi connectivity index (χ0n) is 12.7. The molecule has 3 rings (SSSR count). The third kappa shape index (κ3) is 2.96. The van der Waals surface area contributed by atoms with Crippen molar-refractivity contribution in [1.82, 2.24) is 25.0 Å².